The van der Waals surface area contributed by atoms with Crippen LogP contribution in [-0.2, 0) is 6.54 Å². The summed E-state index contributed by atoms with van der Waals surface area (Å²) in [5.41, 5.74) is 3.85. The van der Waals surface area contributed by atoms with Gasteiger partial charge in [0.05, 0.1) is 0 Å². The molecule has 0 aliphatic carbocycles. The van der Waals surface area contributed by atoms with E-state index >= 15 is 0 Å². The zero-order valence-corrected chi connectivity index (χ0v) is 11.8. The van der Waals surface area contributed by atoms with Gasteiger partial charge in [0.15, 0.2) is 11.6 Å². The van der Waals surface area contributed by atoms with Gasteiger partial charge in [-0.05, 0) is 48.7 Å². The van der Waals surface area contributed by atoms with E-state index in [4.69, 9.17) is 0 Å². The van der Waals surface area contributed by atoms with Crippen molar-refractivity contribution in [3.05, 3.63) is 59.2 Å². The summed E-state index contributed by atoms with van der Waals surface area (Å²) in [5, 5.41) is 3.34. The Morgan fingerprint density at radius 1 is 1.00 bits per heavy atom. The lowest BCUT2D eigenvalue weighted by Gasteiger charge is -2.12. The molecule has 2 aromatic rings. The minimum Gasteiger partial charge on any atom is -0.313 e. The van der Waals surface area contributed by atoms with Crippen LogP contribution < -0.4 is 5.32 Å². The van der Waals surface area contributed by atoms with E-state index in [0.717, 1.165) is 36.2 Å². The number of nitrogens with one attached hydrogen (secondary N) is 1. The SMILES string of the molecule is CCCNCc1ccc(C)cc1-c1ccc(F)c(F)c1. The molecule has 1 N–H and O–H groups in total. The molecule has 0 aromatic heterocycles. The molecule has 0 amide bonds. The monoisotopic (exact) mass is 275 g/mol. The maximum atomic E-state index is 13.4. The van der Waals surface area contributed by atoms with Crippen molar-refractivity contribution in [1.82, 2.24) is 5.32 Å². The molecule has 20 heavy (non-hydrogen) atoms. The summed E-state index contributed by atoms with van der Waals surface area (Å²) < 4.78 is 26.5. The molecule has 0 saturated heterocycles. The van der Waals surface area contributed by atoms with Crippen molar-refractivity contribution in [3.8, 4) is 11.1 Å². The van der Waals surface area contributed by atoms with Crippen LogP contribution in [0.1, 0.15) is 24.5 Å². The molecule has 0 fully saturated rings. The highest BCUT2D eigenvalue weighted by atomic mass is 19.2. The van der Waals surface area contributed by atoms with Crippen LogP contribution in [0.15, 0.2) is 36.4 Å². The first-order valence-electron chi connectivity index (χ1n) is 6.87. The summed E-state index contributed by atoms with van der Waals surface area (Å²) in [5.74, 6) is -1.62. The predicted molar refractivity (Wildman–Crippen MR) is 78.5 cm³/mol. The Bertz CT molecular complexity index is 594. The predicted octanol–water partition coefficient (Wildman–Crippen LogP) is 4.44. The zero-order valence-electron chi connectivity index (χ0n) is 11.8. The molecule has 0 bridgehead atoms. The largest absolute Gasteiger partial charge is 0.313 e. The van der Waals surface area contributed by atoms with Crippen LogP contribution in [0.2, 0.25) is 0 Å². The average molecular weight is 275 g/mol. The highest BCUT2D eigenvalue weighted by molar-refractivity contribution is 5.68. The molecule has 2 aromatic carbocycles. The molecule has 0 unspecified atom stereocenters. The van der Waals surface area contributed by atoms with Crippen molar-refractivity contribution >= 4 is 0 Å². The number of rotatable bonds is 5. The second-order valence-corrected chi connectivity index (χ2v) is 4.97. The molecule has 2 rings (SSSR count). The van der Waals surface area contributed by atoms with E-state index in [2.05, 4.69) is 12.2 Å². The van der Waals surface area contributed by atoms with E-state index < -0.39 is 11.6 Å². The lowest BCUT2D eigenvalue weighted by atomic mass is 9.97. The summed E-state index contributed by atoms with van der Waals surface area (Å²) in [6.07, 6.45) is 1.06. The summed E-state index contributed by atoms with van der Waals surface area (Å²) in [4.78, 5) is 0. The standard InChI is InChI=1S/C17H19F2N/c1-3-8-20-11-14-5-4-12(2)9-15(14)13-6-7-16(18)17(19)10-13/h4-7,9-10,20H,3,8,11H2,1-2H3. The van der Waals surface area contributed by atoms with E-state index in [1.807, 2.05) is 25.1 Å². The van der Waals surface area contributed by atoms with Crippen molar-refractivity contribution in [2.45, 2.75) is 26.8 Å². The summed E-state index contributed by atoms with van der Waals surface area (Å²) in [6.45, 7) is 5.76. The summed E-state index contributed by atoms with van der Waals surface area (Å²) in [7, 11) is 0. The second-order valence-electron chi connectivity index (χ2n) is 4.97. The van der Waals surface area contributed by atoms with Gasteiger partial charge in [-0.3, -0.25) is 0 Å². The van der Waals surface area contributed by atoms with Gasteiger partial charge in [0.1, 0.15) is 0 Å². The fourth-order valence-electron chi connectivity index (χ4n) is 2.18. The molecule has 0 radical (unpaired) electrons. The Hall–Kier alpha value is -1.74. The van der Waals surface area contributed by atoms with E-state index in [1.165, 1.54) is 12.1 Å². The Morgan fingerprint density at radius 2 is 1.80 bits per heavy atom. The van der Waals surface area contributed by atoms with Gasteiger partial charge in [-0.15, -0.1) is 0 Å². The van der Waals surface area contributed by atoms with Crippen LogP contribution in [0.5, 0.6) is 0 Å². The lowest BCUT2D eigenvalue weighted by molar-refractivity contribution is 0.509. The third kappa shape index (κ3) is 3.42. The lowest BCUT2D eigenvalue weighted by Crippen LogP contribution is -2.14. The Balaban J connectivity index is 2.37. The van der Waals surface area contributed by atoms with Crippen LogP contribution >= 0.6 is 0 Å². The normalized spacial score (nSPS) is 10.8. The van der Waals surface area contributed by atoms with Crippen molar-refractivity contribution in [2.24, 2.45) is 0 Å². The van der Waals surface area contributed by atoms with Crippen molar-refractivity contribution in [3.63, 3.8) is 0 Å². The third-order valence-corrected chi connectivity index (χ3v) is 3.24. The average Bonchev–Trinajstić information content (AvgIpc) is 2.44. The molecule has 1 nitrogen and oxygen atoms in total. The van der Waals surface area contributed by atoms with Crippen LogP contribution in [0.25, 0.3) is 11.1 Å². The van der Waals surface area contributed by atoms with Gasteiger partial charge in [-0.25, -0.2) is 8.78 Å². The maximum Gasteiger partial charge on any atom is 0.159 e. The van der Waals surface area contributed by atoms with E-state index in [-0.39, 0.29) is 0 Å². The molecule has 0 saturated carbocycles. The van der Waals surface area contributed by atoms with E-state index in [9.17, 15) is 8.78 Å². The molecule has 106 valence electrons. The fourth-order valence-corrected chi connectivity index (χ4v) is 2.18. The second kappa shape index (κ2) is 6.62. The Kier molecular flexibility index (Phi) is 4.85. The maximum absolute atomic E-state index is 13.4. The van der Waals surface area contributed by atoms with Crippen molar-refractivity contribution < 1.29 is 8.78 Å². The van der Waals surface area contributed by atoms with Crippen LogP contribution in [0, 0.1) is 18.6 Å². The number of halogens is 2. The van der Waals surface area contributed by atoms with Crippen molar-refractivity contribution in [2.75, 3.05) is 6.54 Å². The molecule has 0 atom stereocenters. The van der Waals surface area contributed by atoms with Gasteiger partial charge in [0.2, 0.25) is 0 Å². The molecular weight excluding hydrogens is 256 g/mol. The van der Waals surface area contributed by atoms with Gasteiger partial charge in [0.25, 0.3) is 0 Å². The summed E-state index contributed by atoms with van der Waals surface area (Å²) >= 11 is 0. The minimum atomic E-state index is -0.813. The van der Waals surface area contributed by atoms with Gasteiger partial charge in [-0.1, -0.05) is 36.8 Å². The fraction of sp³-hybridized carbons (Fsp3) is 0.294. The number of hydrogen-bond donors (Lipinski definition) is 1. The highest BCUT2D eigenvalue weighted by Gasteiger charge is 2.09. The Labute approximate surface area is 118 Å². The van der Waals surface area contributed by atoms with Gasteiger partial charge in [-0.2, -0.15) is 0 Å². The van der Waals surface area contributed by atoms with E-state index in [1.54, 1.807) is 6.07 Å². The Morgan fingerprint density at radius 3 is 2.50 bits per heavy atom. The molecule has 0 aliphatic rings. The third-order valence-electron chi connectivity index (χ3n) is 3.24. The highest BCUT2D eigenvalue weighted by Crippen LogP contribution is 2.26. The zero-order chi connectivity index (χ0) is 14.5. The number of benzene rings is 2. The van der Waals surface area contributed by atoms with Gasteiger partial charge in [0, 0.05) is 6.54 Å². The molecule has 3 heteroatoms. The first kappa shape index (κ1) is 14.7. The molecule has 0 aliphatic heterocycles. The first-order chi connectivity index (χ1) is 9.61. The smallest absolute Gasteiger partial charge is 0.159 e. The van der Waals surface area contributed by atoms with E-state index in [0.29, 0.717) is 5.56 Å². The molecular formula is C17H19F2N. The minimum absolute atomic E-state index is 0.709. The quantitative estimate of drug-likeness (QED) is 0.795. The van der Waals surface area contributed by atoms with Crippen LogP contribution in [0.4, 0.5) is 8.78 Å². The number of aryl methyl sites for hydroxylation is 1. The topological polar surface area (TPSA) is 12.0 Å². The molecule has 0 heterocycles. The van der Waals surface area contributed by atoms with Crippen LogP contribution in [-0.4, -0.2) is 6.54 Å². The van der Waals surface area contributed by atoms with Crippen LogP contribution in [0.3, 0.4) is 0 Å². The molecule has 0 spiro atoms. The van der Waals surface area contributed by atoms with Gasteiger partial charge >= 0.3 is 0 Å². The van der Waals surface area contributed by atoms with Crippen molar-refractivity contribution in [1.29, 1.82) is 0 Å². The number of hydrogen-bond acceptors (Lipinski definition) is 1. The first-order valence-corrected chi connectivity index (χ1v) is 6.87. The van der Waals surface area contributed by atoms with Gasteiger partial charge < -0.3 is 5.32 Å². The summed E-state index contributed by atoms with van der Waals surface area (Å²) in [6, 6.07) is 10.1.